The van der Waals surface area contributed by atoms with Crippen molar-refractivity contribution < 1.29 is 0 Å². The third-order valence-corrected chi connectivity index (χ3v) is 0. The summed E-state index contributed by atoms with van der Waals surface area (Å²) >= 11 is 0. The monoisotopic (exact) mass is 86.1 g/mol. The molecule has 0 saturated heterocycles. The van der Waals surface area contributed by atoms with Crippen LogP contribution in [0.3, 0.4) is 0 Å². The van der Waals surface area contributed by atoms with Crippen molar-refractivity contribution in [2.45, 2.75) is 0 Å². The van der Waals surface area contributed by atoms with Gasteiger partial charge in [0.1, 0.15) is 0 Å². The van der Waals surface area contributed by atoms with Gasteiger partial charge >= 0.3 is 56.6 Å². The summed E-state index contributed by atoms with van der Waals surface area (Å²) in [6.07, 6.45) is 0. The van der Waals surface area contributed by atoms with Crippen molar-refractivity contribution in [2.24, 2.45) is 17.5 Å². The van der Waals surface area contributed by atoms with Crippen LogP contribution in [0.15, 0.2) is 0 Å². The molecule has 6 N–H and O–H groups in total. The zero-order valence-electron chi connectivity index (χ0n) is 2.18. The minimum absolute atomic E-state index is 0. The Morgan fingerprint density at radius 1 is 0.714 bits per heavy atom. The van der Waals surface area contributed by atoms with Crippen molar-refractivity contribution in [3.05, 3.63) is 0 Å². The second kappa shape index (κ2) is 15.6. The van der Waals surface area contributed by atoms with Crippen molar-refractivity contribution in [3.63, 3.8) is 0 Å². The molecule has 0 radical (unpaired) electrons. The van der Waals surface area contributed by atoms with Gasteiger partial charge in [0.25, 0.3) is 0 Å². The van der Waals surface area contributed by atoms with Gasteiger partial charge in [0.15, 0.2) is 0 Å². The van der Waals surface area contributed by atoms with Crippen molar-refractivity contribution in [3.8, 4) is 0 Å². The van der Waals surface area contributed by atoms with Gasteiger partial charge in [-0.2, -0.15) is 0 Å². The van der Waals surface area contributed by atoms with Crippen LogP contribution >= 0.6 is 0 Å². The Bertz CT molecular complexity index is 11.7. The minimum atomic E-state index is 0. The van der Waals surface area contributed by atoms with E-state index in [4.69, 9.17) is 0 Å². The summed E-state index contributed by atoms with van der Waals surface area (Å²) in [6, 6.07) is 0. The molecular formula is H9Li3N4. The number of hydrazine groups is 3. The average Bonchev–Trinajstić information content (AvgIpc) is 0.811. The van der Waals surface area contributed by atoms with Crippen LogP contribution in [0.1, 0.15) is 0 Å². The molecule has 0 spiro atoms. The fraction of sp³-hybridized carbons (Fsp3) is 0. The molecule has 0 bridgehead atoms. The van der Waals surface area contributed by atoms with Crippen molar-refractivity contribution in [1.29, 1.82) is 0 Å². The Kier molecular flexibility index (Phi) is 52.4. The van der Waals surface area contributed by atoms with Crippen LogP contribution in [0.5, 0.6) is 0 Å². The van der Waals surface area contributed by atoms with Crippen LogP contribution in [0, 0.1) is 0 Å². The molecule has 7 heteroatoms. The van der Waals surface area contributed by atoms with E-state index in [1.165, 1.54) is 0 Å². The number of rotatable bonds is 0. The molecule has 0 rings (SSSR count). The molecule has 0 saturated carbocycles. The summed E-state index contributed by atoms with van der Waals surface area (Å²) in [6.45, 7) is 0. The van der Waals surface area contributed by atoms with Gasteiger partial charge in [-0.3, -0.25) is 0 Å². The van der Waals surface area contributed by atoms with Crippen LogP contribution in [-0.2, 0) is 0 Å². The first kappa shape index (κ1) is 23.4. The third kappa shape index (κ3) is 90.9. The molecule has 0 amide bonds. The molecule has 0 heterocycles. The first-order valence-electron chi connectivity index (χ1n) is 0.775. The molecule has 0 fully saturated rings. The Hall–Kier alpha value is 1.63. The van der Waals surface area contributed by atoms with E-state index in [1.54, 1.807) is 0 Å². The van der Waals surface area contributed by atoms with Gasteiger partial charge in [0, 0.05) is 0 Å². The standard InChI is InChI=1S/3Li.H6N4.3H/c;;;1-4(2)3;;;/h;;;1-3H2;;;. The zero-order chi connectivity index (χ0) is 3.58. The maximum atomic E-state index is 4.50. The van der Waals surface area contributed by atoms with E-state index in [0.29, 0.717) is 5.23 Å². The second-order valence-corrected chi connectivity index (χ2v) is 0.447. The van der Waals surface area contributed by atoms with Crippen LogP contribution in [0.25, 0.3) is 0 Å². The summed E-state index contributed by atoms with van der Waals surface area (Å²) < 4.78 is 0. The summed E-state index contributed by atoms with van der Waals surface area (Å²) in [5.74, 6) is 13.5. The quantitative estimate of drug-likeness (QED) is 0.159. The van der Waals surface area contributed by atoms with E-state index < -0.39 is 0 Å². The number of hydrogen-bond donors (Lipinski definition) is 3. The van der Waals surface area contributed by atoms with Gasteiger partial charge in [-0.05, 0) is 0 Å². The summed E-state index contributed by atoms with van der Waals surface area (Å²) in [7, 11) is 0. The normalized spacial score (nSPS) is 5.14. The Morgan fingerprint density at radius 3 is 0.714 bits per heavy atom. The summed E-state index contributed by atoms with van der Waals surface area (Å²) in [4.78, 5) is 0. The van der Waals surface area contributed by atoms with Crippen LogP contribution < -0.4 is 17.5 Å². The van der Waals surface area contributed by atoms with Crippen LogP contribution in [-0.4, -0.2) is 61.8 Å². The predicted molar refractivity (Wildman–Crippen MR) is 35.8 cm³/mol. The Balaban J connectivity index is -0.0000000150. The molecule has 32 valence electrons. The maximum absolute atomic E-state index is 4.50. The van der Waals surface area contributed by atoms with Crippen LogP contribution in [0.2, 0.25) is 0 Å². The molecule has 0 aliphatic heterocycles. The molecule has 0 aliphatic rings. The predicted octanol–water partition coefficient (Wildman–Crippen LogP) is -4.04. The molecular weight excluding hydrogens is 76.9 g/mol. The Labute approximate surface area is 79.0 Å². The molecule has 4 nitrogen and oxygen atoms in total. The van der Waals surface area contributed by atoms with E-state index in [-0.39, 0.29) is 56.6 Å². The van der Waals surface area contributed by atoms with Crippen LogP contribution in [0.4, 0.5) is 0 Å². The molecule has 0 aromatic rings. The van der Waals surface area contributed by atoms with Gasteiger partial charge in [0.05, 0.1) is 0 Å². The fourth-order valence-corrected chi connectivity index (χ4v) is 0. The van der Waals surface area contributed by atoms with E-state index in [1.807, 2.05) is 0 Å². The van der Waals surface area contributed by atoms with Gasteiger partial charge in [0.2, 0.25) is 0 Å². The summed E-state index contributed by atoms with van der Waals surface area (Å²) in [5.41, 5.74) is 0. The fourth-order valence-electron chi connectivity index (χ4n) is 0. The summed E-state index contributed by atoms with van der Waals surface area (Å²) in [5, 5.41) is 0.500. The first-order valence-corrected chi connectivity index (χ1v) is 0.775. The molecule has 7 heavy (non-hydrogen) atoms. The first-order chi connectivity index (χ1) is 1.73. The molecule has 0 unspecified atom stereocenters. The zero-order valence-corrected chi connectivity index (χ0v) is 2.18. The second-order valence-electron chi connectivity index (χ2n) is 0.447. The van der Waals surface area contributed by atoms with Gasteiger partial charge in [-0.15, -0.1) is 5.23 Å². The van der Waals surface area contributed by atoms with Crippen molar-refractivity contribution >= 4 is 56.6 Å². The van der Waals surface area contributed by atoms with Crippen molar-refractivity contribution in [2.75, 3.05) is 0 Å². The number of hydrogen-bond acceptors (Lipinski definition) is 4. The number of nitrogens with zero attached hydrogens (tertiary/aromatic N) is 1. The van der Waals surface area contributed by atoms with E-state index in [2.05, 4.69) is 17.5 Å². The number of nitrogens with two attached hydrogens (primary N) is 3. The molecule has 0 aromatic heterocycles. The molecule has 0 aliphatic carbocycles. The van der Waals surface area contributed by atoms with Gasteiger partial charge < -0.3 is 0 Å². The van der Waals surface area contributed by atoms with Gasteiger partial charge in [-0.25, -0.2) is 17.5 Å². The van der Waals surface area contributed by atoms with Gasteiger partial charge in [-0.1, -0.05) is 0 Å². The molecule has 0 atom stereocenters. The SMILES string of the molecule is NN(N)N.[LiH].[LiH].[LiH]. The topological polar surface area (TPSA) is 81.3 Å². The van der Waals surface area contributed by atoms with E-state index >= 15 is 0 Å². The average molecular weight is 85.9 g/mol. The Morgan fingerprint density at radius 2 is 0.714 bits per heavy atom. The van der Waals surface area contributed by atoms with E-state index in [9.17, 15) is 0 Å². The van der Waals surface area contributed by atoms with E-state index in [0.717, 1.165) is 0 Å². The molecule has 0 aromatic carbocycles. The van der Waals surface area contributed by atoms with Crippen molar-refractivity contribution in [1.82, 2.24) is 5.23 Å². The third-order valence-electron chi connectivity index (χ3n) is 0.